The fraction of sp³-hybridized carbons (Fsp3) is 0.360. The molecule has 1 saturated carbocycles. The molecule has 1 amide bonds. The molecule has 3 N–H and O–H groups in total. The van der Waals surface area contributed by atoms with Crippen LogP contribution in [-0.2, 0) is 4.74 Å². The van der Waals surface area contributed by atoms with Gasteiger partial charge in [0.15, 0.2) is 5.75 Å². The highest BCUT2D eigenvalue weighted by Crippen LogP contribution is 2.49. The number of pyridine rings is 1. The van der Waals surface area contributed by atoms with E-state index in [0.717, 1.165) is 42.8 Å². The van der Waals surface area contributed by atoms with Crippen LogP contribution >= 0.6 is 11.6 Å². The number of hydrogen-bond acceptors (Lipinski definition) is 6. The van der Waals surface area contributed by atoms with Crippen molar-refractivity contribution in [3.05, 3.63) is 52.9 Å². The van der Waals surface area contributed by atoms with Crippen LogP contribution in [-0.4, -0.2) is 48.3 Å². The second-order valence-electron chi connectivity index (χ2n) is 8.84. The number of nitrogens with zero attached hydrogens (tertiary/aromatic N) is 1. The number of H-pyrrole nitrogens is 1. The Kier molecular flexibility index (Phi) is 5.34. The van der Waals surface area contributed by atoms with Gasteiger partial charge in [0.2, 0.25) is 0 Å². The molecule has 6 rings (SSSR count). The SMILES string of the molecule is COc1c(Cl)cccc1Nc1c(-c2ccncc2OC[C@@H]2CCO2)[nH]c2c1C(=O)N[C@H]1CC[C@@H]21. The first-order chi connectivity index (χ1) is 16.6. The number of fused-ring (bicyclic) bond motifs is 3. The van der Waals surface area contributed by atoms with Gasteiger partial charge >= 0.3 is 0 Å². The predicted octanol–water partition coefficient (Wildman–Crippen LogP) is 4.64. The van der Waals surface area contributed by atoms with E-state index < -0.39 is 0 Å². The van der Waals surface area contributed by atoms with E-state index in [2.05, 4.69) is 20.6 Å². The third kappa shape index (κ3) is 3.49. The van der Waals surface area contributed by atoms with Gasteiger partial charge in [0.25, 0.3) is 5.91 Å². The van der Waals surface area contributed by atoms with E-state index in [-0.39, 0.29) is 24.0 Å². The van der Waals surface area contributed by atoms with Gasteiger partial charge in [-0.05, 0) is 31.0 Å². The van der Waals surface area contributed by atoms with Gasteiger partial charge in [0.1, 0.15) is 12.4 Å². The number of hydrogen-bond donors (Lipinski definition) is 3. The zero-order valence-electron chi connectivity index (χ0n) is 18.7. The first kappa shape index (κ1) is 21.3. The zero-order chi connectivity index (χ0) is 23.2. The first-order valence-electron chi connectivity index (χ1n) is 11.5. The van der Waals surface area contributed by atoms with Crippen molar-refractivity contribution in [1.82, 2.24) is 15.3 Å². The van der Waals surface area contributed by atoms with E-state index in [9.17, 15) is 4.79 Å². The number of para-hydroxylation sites is 1. The highest BCUT2D eigenvalue weighted by atomic mass is 35.5. The molecule has 0 bridgehead atoms. The summed E-state index contributed by atoms with van der Waals surface area (Å²) in [5, 5.41) is 7.08. The Morgan fingerprint density at radius 1 is 1.26 bits per heavy atom. The number of halogens is 1. The van der Waals surface area contributed by atoms with Gasteiger partial charge in [0.05, 0.1) is 47.1 Å². The lowest BCUT2D eigenvalue weighted by Gasteiger charge is -2.40. The minimum Gasteiger partial charge on any atom is -0.493 e. The number of anilines is 2. The smallest absolute Gasteiger partial charge is 0.255 e. The van der Waals surface area contributed by atoms with Crippen LogP contribution in [0.1, 0.15) is 41.2 Å². The minimum atomic E-state index is -0.0960. The maximum absolute atomic E-state index is 13.2. The molecule has 3 atom stereocenters. The molecule has 2 fully saturated rings. The topological polar surface area (TPSA) is 97.5 Å². The molecule has 2 aromatic heterocycles. The number of nitrogens with one attached hydrogen (secondary N) is 3. The van der Waals surface area contributed by atoms with Crippen molar-refractivity contribution in [2.24, 2.45) is 0 Å². The van der Waals surface area contributed by atoms with Crippen molar-refractivity contribution in [1.29, 1.82) is 0 Å². The third-order valence-corrected chi connectivity index (χ3v) is 7.22. The van der Waals surface area contributed by atoms with E-state index in [1.807, 2.05) is 18.2 Å². The average Bonchev–Trinajstić information content (AvgIpc) is 3.14. The summed E-state index contributed by atoms with van der Waals surface area (Å²) < 4.78 is 17.2. The molecule has 0 unspecified atom stereocenters. The number of carbonyl (C=O) groups excluding carboxylic acids is 1. The first-order valence-corrected chi connectivity index (χ1v) is 11.9. The standard InChI is InChI=1S/C25H25ClN4O4/c1-32-24-16(26)3-2-4-18(24)28-23-20-21(14-5-6-17(14)29-25(20)31)30-22(23)15-7-9-27-11-19(15)34-12-13-8-10-33-13/h2-4,7,9,11,13-14,17,28,30H,5-6,8,10,12H2,1H3,(H,29,31)/t13-,14+,17-/m0/s1. The molecule has 1 saturated heterocycles. The quantitative estimate of drug-likeness (QED) is 0.456. The number of amides is 1. The zero-order valence-corrected chi connectivity index (χ0v) is 19.4. The number of aromatic amines is 1. The average molecular weight is 481 g/mol. The molecule has 3 aliphatic rings. The van der Waals surface area contributed by atoms with E-state index in [0.29, 0.717) is 40.1 Å². The van der Waals surface area contributed by atoms with Crippen LogP contribution in [0.3, 0.4) is 0 Å². The molecule has 34 heavy (non-hydrogen) atoms. The van der Waals surface area contributed by atoms with Gasteiger partial charge in [-0.25, -0.2) is 0 Å². The van der Waals surface area contributed by atoms with Crippen LogP contribution in [0.2, 0.25) is 5.02 Å². The molecule has 1 aliphatic carbocycles. The summed E-state index contributed by atoms with van der Waals surface area (Å²) in [5.41, 5.74) is 4.47. The molecular weight excluding hydrogens is 456 g/mol. The second-order valence-corrected chi connectivity index (χ2v) is 9.24. The molecular formula is C25H25ClN4O4. The summed E-state index contributed by atoms with van der Waals surface area (Å²) in [6.07, 6.45) is 6.51. The van der Waals surface area contributed by atoms with Crippen molar-refractivity contribution in [3.8, 4) is 22.8 Å². The lowest BCUT2D eigenvalue weighted by molar-refractivity contribution is -0.0720. The highest BCUT2D eigenvalue weighted by molar-refractivity contribution is 6.32. The summed E-state index contributed by atoms with van der Waals surface area (Å²) in [5.74, 6) is 1.30. The predicted molar refractivity (Wildman–Crippen MR) is 128 cm³/mol. The van der Waals surface area contributed by atoms with E-state index in [4.69, 9.17) is 25.8 Å². The molecule has 176 valence electrons. The van der Waals surface area contributed by atoms with Crippen LogP contribution in [0.15, 0.2) is 36.7 Å². The Labute approximate surface area is 202 Å². The molecule has 0 spiro atoms. The maximum atomic E-state index is 13.2. The van der Waals surface area contributed by atoms with Crippen LogP contribution in [0.4, 0.5) is 11.4 Å². The normalized spacial score (nSPS) is 22.5. The van der Waals surface area contributed by atoms with Crippen LogP contribution in [0.25, 0.3) is 11.3 Å². The van der Waals surface area contributed by atoms with Crippen molar-refractivity contribution in [2.45, 2.75) is 37.3 Å². The van der Waals surface area contributed by atoms with Crippen LogP contribution in [0.5, 0.6) is 11.5 Å². The number of ether oxygens (including phenoxy) is 3. The van der Waals surface area contributed by atoms with Gasteiger partial charge in [-0.1, -0.05) is 17.7 Å². The molecule has 1 aromatic carbocycles. The van der Waals surface area contributed by atoms with Crippen molar-refractivity contribution < 1.29 is 19.0 Å². The Hall–Kier alpha value is -3.23. The maximum Gasteiger partial charge on any atom is 0.255 e. The van der Waals surface area contributed by atoms with E-state index in [1.54, 1.807) is 25.6 Å². The monoisotopic (exact) mass is 480 g/mol. The van der Waals surface area contributed by atoms with E-state index in [1.165, 1.54) is 0 Å². The Morgan fingerprint density at radius 2 is 2.15 bits per heavy atom. The molecule has 9 heteroatoms. The highest BCUT2D eigenvalue weighted by Gasteiger charge is 2.43. The summed E-state index contributed by atoms with van der Waals surface area (Å²) in [4.78, 5) is 21.0. The lowest BCUT2D eigenvalue weighted by Crippen LogP contribution is -2.49. The van der Waals surface area contributed by atoms with Crippen molar-refractivity contribution in [2.75, 3.05) is 25.6 Å². The minimum absolute atomic E-state index is 0.0960. The largest absolute Gasteiger partial charge is 0.493 e. The van der Waals surface area contributed by atoms with E-state index >= 15 is 0 Å². The van der Waals surface area contributed by atoms with Crippen LogP contribution in [0, 0.1) is 0 Å². The Balaban J connectivity index is 1.47. The second kappa shape index (κ2) is 8.52. The Bertz CT molecular complexity index is 1260. The van der Waals surface area contributed by atoms with Gasteiger partial charge in [-0.2, -0.15) is 0 Å². The van der Waals surface area contributed by atoms with Gasteiger partial charge in [0, 0.05) is 42.4 Å². The van der Waals surface area contributed by atoms with Gasteiger partial charge in [-0.15, -0.1) is 0 Å². The number of rotatable bonds is 7. The number of aromatic nitrogens is 2. The molecule has 2 aliphatic heterocycles. The molecule has 0 radical (unpaired) electrons. The van der Waals surface area contributed by atoms with Gasteiger partial charge < -0.3 is 29.8 Å². The van der Waals surface area contributed by atoms with Crippen molar-refractivity contribution >= 4 is 28.9 Å². The summed E-state index contributed by atoms with van der Waals surface area (Å²) in [7, 11) is 1.57. The van der Waals surface area contributed by atoms with Crippen LogP contribution < -0.4 is 20.1 Å². The summed E-state index contributed by atoms with van der Waals surface area (Å²) in [6.45, 7) is 1.22. The van der Waals surface area contributed by atoms with Crippen molar-refractivity contribution in [3.63, 3.8) is 0 Å². The summed E-state index contributed by atoms with van der Waals surface area (Å²) in [6, 6.07) is 7.54. The Morgan fingerprint density at radius 3 is 2.88 bits per heavy atom. The van der Waals surface area contributed by atoms with Gasteiger partial charge in [-0.3, -0.25) is 9.78 Å². The fourth-order valence-electron chi connectivity index (χ4n) is 4.87. The third-order valence-electron chi connectivity index (χ3n) is 6.92. The number of methoxy groups -OCH3 is 1. The summed E-state index contributed by atoms with van der Waals surface area (Å²) >= 11 is 6.37. The lowest BCUT2D eigenvalue weighted by atomic mass is 9.74. The number of benzene rings is 1. The molecule has 3 aromatic rings. The fourth-order valence-corrected chi connectivity index (χ4v) is 5.12. The molecule has 4 heterocycles. The number of carbonyl (C=O) groups is 1. The molecule has 8 nitrogen and oxygen atoms in total.